The molecule has 0 aliphatic rings. The van der Waals surface area contributed by atoms with E-state index in [9.17, 15) is 9.59 Å². The summed E-state index contributed by atoms with van der Waals surface area (Å²) in [5, 5.41) is 8.67. The molecular formula is C42H72O4. The van der Waals surface area contributed by atoms with Crippen LogP contribution >= 0.6 is 0 Å². The second kappa shape index (κ2) is 37.1. The van der Waals surface area contributed by atoms with Crippen molar-refractivity contribution >= 4 is 11.9 Å². The average Bonchev–Trinajstić information content (AvgIpc) is 3.04. The second-order valence-electron chi connectivity index (χ2n) is 12.7. The zero-order valence-electron chi connectivity index (χ0n) is 30.1. The molecule has 0 aromatic carbocycles. The molecule has 0 rings (SSSR count). The molecule has 0 aromatic rings. The van der Waals surface area contributed by atoms with Gasteiger partial charge in [-0.25, -0.2) is 0 Å². The normalized spacial score (nSPS) is 12.9. The van der Waals surface area contributed by atoms with E-state index in [0.717, 1.165) is 103 Å². The Kier molecular flexibility index (Phi) is 35.2. The lowest BCUT2D eigenvalue weighted by molar-refractivity contribution is -0.150. The number of hydrogen-bond donors (Lipinski definition) is 1. The minimum Gasteiger partial charge on any atom is -0.481 e. The fourth-order valence-electron chi connectivity index (χ4n) is 5.43. The molecule has 0 spiro atoms. The molecule has 0 amide bonds. The highest BCUT2D eigenvalue weighted by molar-refractivity contribution is 5.69. The standard InChI is InChI=1S/C42H72O4/c1-3-5-7-8-9-10-11-12-13-14-15-16-17-18-23-26-29-32-35-39-42(45)46-40(36-6-4-2)37-33-30-27-24-21-19-20-22-25-28-31-34-38-41(43)44/h5,7,9-10,12-13,15-16,18,23,40H,3-4,6,8,11,14,17,19-22,24-39H2,1-2H3,(H,43,44)/b7-5-,10-9-,13-12-,16-15-,23-18-. The number of carboxylic acid groups (broad SMARTS) is 1. The molecule has 4 heteroatoms. The fraction of sp³-hybridized carbons (Fsp3) is 0.714. The zero-order valence-corrected chi connectivity index (χ0v) is 30.1. The number of rotatable bonds is 34. The minimum atomic E-state index is -0.674. The lowest BCUT2D eigenvalue weighted by Gasteiger charge is -2.18. The van der Waals surface area contributed by atoms with Crippen LogP contribution in [0, 0.1) is 0 Å². The van der Waals surface area contributed by atoms with Gasteiger partial charge in [-0.3, -0.25) is 9.59 Å². The van der Waals surface area contributed by atoms with Crippen LogP contribution in [0.1, 0.15) is 187 Å². The Hall–Kier alpha value is -2.36. The third-order valence-corrected chi connectivity index (χ3v) is 8.25. The largest absolute Gasteiger partial charge is 0.481 e. The maximum absolute atomic E-state index is 12.5. The van der Waals surface area contributed by atoms with Crippen LogP contribution in [-0.2, 0) is 14.3 Å². The first-order valence-corrected chi connectivity index (χ1v) is 19.3. The van der Waals surface area contributed by atoms with Crippen molar-refractivity contribution in [2.75, 3.05) is 0 Å². The van der Waals surface area contributed by atoms with Gasteiger partial charge < -0.3 is 9.84 Å². The van der Waals surface area contributed by atoms with Gasteiger partial charge in [-0.05, 0) is 77.0 Å². The van der Waals surface area contributed by atoms with Crippen LogP contribution in [0.2, 0.25) is 0 Å². The van der Waals surface area contributed by atoms with Gasteiger partial charge in [0.2, 0.25) is 0 Å². The number of hydrogen-bond acceptors (Lipinski definition) is 3. The molecule has 1 unspecified atom stereocenters. The van der Waals surface area contributed by atoms with E-state index in [4.69, 9.17) is 9.84 Å². The number of carbonyl (C=O) groups is 2. The highest BCUT2D eigenvalue weighted by Gasteiger charge is 2.13. The molecule has 0 fully saturated rings. The molecule has 0 aromatic heterocycles. The van der Waals surface area contributed by atoms with Gasteiger partial charge in [0.1, 0.15) is 6.10 Å². The summed E-state index contributed by atoms with van der Waals surface area (Å²) in [6.45, 7) is 4.36. The predicted molar refractivity (Wildman–Crippen MR) is 199 cm³/mol. The Morgan fingerprint density at radius 3 is 1.41 bits per heavy atom. The van der Waals surface area contributed by atoms with E-state index in [1.807, 2.05) is 0 Å². The molecule has 0 radical (unpaired) electrons. The molecule has 0 saturated heterocycles. The number of ether oxygens (including phenoxy) is 1. The van der Waals surface area contributed by atoms with Crippen LogP contribution in [0.3, 0.4) is 0 Å². The maximum atomic E-state index is 12.5. The third-order valence-electron chi connectivity index (χ3n) is 8.25. The van der Waals surface area contributed by atoms with Crippen molar-refractivity contribution in [1.29, 1.82) is 0 Å². The molecule has 0 saturated carbocycles. The molecule has 46 heavy (non-hydrogen) atoms. The fourth-order valence-corrected chi connectivity index (χ4v) is 5.43. The van der Waals surface area contributed by atoms with E-state index < -0.39 is 5.97 Å². The van der Waals surface area contributed by atoms with Crippen LogP contribution in [0.4, 0.5) is 0 Å². The first-order valence-electron chi connectivity index (χ1n) is 19.3. The number of esters is 1. The van der Waals surface area contributed by atoms with Crippen molar-refractivity contribution in [2.45, 2.75) is 193 Å². The first kappa shape index (κ1) is 43.6. The SMILES string of the molecule is CC/C=C\C/C=C\C/C=C\C/C=C\C/C=C\CCCCCC(=O)OC(CCCC)CCCCCCCCCCCCCCC(=O)O. The summed E-state index contributed by atoms with van der Waals surface area (Å²) in [5.41, 5.74) is 0. The molecule has 1 atom stereocenters. The van der Waals surface area contributed by atoms with E-state index >= 15 is 0 Å². The van der Waals surface area contributed by atoms with Crippen molar-refractivity contribution in [1.82, 2.24) is 0 Å². The maximum Gasteiger partial charge on any atom is 0.306 e. The van der Waals surface area contributed by atoms with Crippen LogP contribution in [0.5, 0.6) is 0 Å². The summed E-state index contributed by atoms with van der Waals surface area (Å²) in [7, 11) is 0. The quantitative estimate of drug-likeness (QED) is 0.0432. The van der Waals surface area contributed by atoms with Gasteiger partial charge in [0, 0.05) is 12.8 Å². The summed E-state index contributed by atoms with van der Waals surface area (Å²) >= 11 is 0. The molecule has 0 bridgehead atoms. The zero-order chi connectivity index (χ0) is 33.6. The molecule has 1 N–H and O–H groups in total. The van der Waals surface area contributed by atoms with Crippen LogP contribution in [-0.4, -0.2) is 23.1 Å². The number of unbranched alkanes of at least 4 members (excludes halogenated alkanes) is 15. The molecule has 0 aliphatic carbocycles. The Bertz CT molecular complexity index is 820. The summed E-state index contributed by atoms with van der Waals surface area (Å²) in [4.78, 5) is 23.0. The van der Waals surface area contributed by atoms with Crippen LogP contribution < -0.4 is 0 Å². The summed E-state index contributed by atoms with van der Waals surface area (Å²) in [6.07, 6.45) is 51.4. The van der Waals surface area contributed by atoms with E-state index in [2.05, 4.69) is 74.6 Å². The molecule has 0 aliphatic heterocycles. The van der Waals surface area contributed by atoms with Gasteiger partial charge in [-0.15, -0.1) is 0 Å². The van der Waals surface area contributed by atoms with Crippen molar-refractivity contribution in [3.8, 4) is 0 Å². The van der Waals surface area contributed by atoms with E-state index in [0.29, 0.717) is 12.8 Å². The summed E-state index contributed by atoms with van der Waals surface area (Å²) < 4.78 is 5.91. The van der Waals surface area contributed by atoms with E-state index in [-0.39, 0.29) is 12.1 Å². The third kappa shape index (κ3) is 36.1. The Morgan fingerprint density at radius 2 is 0.913 bits per heavy atom. The summed E-state index contributed by atoms with van der Waals surface area (Å²) in [6, 6.07) is 0. The lowest BCUT2D eigenvalue weighted by Crippen LogP contribution is -2.18. The van der Waals surface area contributed by atoms with Gasteiger partial charge in [0.05, 0.1) is 0 Å². The van der Waals surface area contributed by atoms with Gasteiger partial charge in [-0.1, -0.05) is 158 Å². The Labute approximate surface area is 284 Å². The number of carboxylic acids is 1. The molecular weight excluding hydrogens is 568 g/mol. The van der Waals surface area contributed by atoms with Crippen molar-refractivity contribution in [3.05, 3.63) is 60.8 Å². The van der Waals surface area contributed by atoms with Crippen molar-refractivity contribution in [2.24, 2.45) is 0 Å². The number of aliphatic carboxylic acids is 1. The van der Waals surface area contributed by atoms with Gasteiger partial charge in [0.15, 0.2) is 0 Å². The second-order valence-corrected chi connectivity index (χ2v) is 12.7. The highest BCUT2D eigenvalue weighted by atomic mass is 16.5. The van der Waals surface area contributed by atoms with Crippen LogP contribution in [0.15, 0.2) is 60.8 Å². The lowest BCUT2D eigenvalue weighted by atomic mass is 10.0. The minimum absolute atomic E-state index is 0.00197. The van der Waals surface area contributed by atoms with Crippen molar-refractivity contribution in [3.63, 3.8) is 0 Å². The first-order chi connectivity index (χ1) is 22.6. The predicted octanol–water partition coefficient (Wildman–Crippen LogP) is 13.3. The Morgan fingerprint density at radius 1 is 0.500 bits per heavy atom. The highest BCUT2D eigenvalue weighted by Crippen LogP contribution is 2.17. The number of allylic oxidation sites excluding steroid dienone is 10. The number of carbonyl (C=O) groups excluding carboxylic acids is 1. The smallest absolute Gasteiger partial charge is 0.306 e. The van der Waals surface area contributed by atoms with Gasteiger partial charge in [-0.2, -0.15) is 0 Å². The van der Waals surface area contributed by atoms with Crippen LogP contribution in [0.25, 0.3) is 0 Å². The van der Waals surface area contributed by atoms with E-state index in [1.165, 1.54) is 57.8 Å². The van der Waals surface area contributed by atoms with Gasteiger partial charge >= 0.3 is 11.9 Å². The topological polar surface area (TPSA) is 63.6 Å². The Balaban J connectivity index is 3.75. The molecule has 0 heterocycles. The monoisotopic (exact) mass is 641 g/mol. The van der Waals surface area contributed by atoms with Gasteiger partial charge in [0.25, 0.3) is 0 Å². The molecule has 264 valence electrons. The average molecular weight is 641 g/mol. The van der Waals surface area contributed by atoms with E-state index in [1.54, 1.807) is 0 Å². The molecule has 4 nitrogen and oxygen atoms in total. The van der Waals surface area contributed by atoms with Crippen molar-refractivity contribution < 1.29 is 19.4 Å². The summed E-state index contributed by atoms with van der Waals surface area (Å²) in [5.74, 6) is -0.676.